The fraction of sp³-hybridized carbons (Fsp3) is 0.158. The molecule has 3 aromatic rings. The van der Waals surface area contributed by atoms with Crippen molar-refractivity contribution in [3.63, 3.8) is 0 Å². The molecule has 0 unspecified atom stereocenters. The largest absolute Gasteiger partial charge is 0.493 e. The first-order valence-corrected chi connectivity index (χ1v) is 7.67. The summed E-state index contributed by atoms with van der Waals surface area (Å²) in [5.74, 6) is 0.00377. The molecule has 0 amide bonds. The van der Waals surface area contributed by atoms with Gasteiger partial charge in [0.15, 0.2) is 6.61 Å². The Morgan fingerprint density at radius 2 is 1.71 bits per heavy atom. The number of esters is 1. The number of nitrogens with one attached hydrogen (secondary N) is 1. The van der Waals surface area contributed by atoms with Gasteiger partial charge in [-0.25, -0.2) is 0 Å². The topological polar surface area (TPSA) is 68.4 Å². The fourth-order valence-electron chi connectivity index (χ4n) is 2.37. The van der Waals surface area contributed by atoms with Crippen molar-refractivity contribution in [3.05, 3.63) is 66.4 Å². The van der Waals surface area contributed by atoms with Crippen molar-refractivity contribution in [3.8, 4) is 5.75 Å². The molecule has 0 atom stereocenters. The van der Waals surface area contributed by atoms with Crippen LogP contribution in [0, 0.1) is 0 Å². The van der Waals surface area contributed by atoms with Crippen LogP contribution in [0.2, 0.25) is 0 Å². The number of fused-ring (bicyclic) bond motifs is 1. The highest BCUT2D eigenvalue weighted by atomic mass is 16.5. The number of hydrogen-bond acceptors (Lipinski definition) is 4. The molecule has 0 aliphatic carbocycles. The molecule has 3 rings (SSSR count). The summed E-state index contributed by atoms with van der Waals surface area (Å²) in [7, 11) is 0. The average Bonchev–Trinajstić information content (AvgIpc) is 3.05. The van der Waals surface area contributed by atoms with Gasteiger partial charge in [0.25, 0.3) is 0 Å². The molecule has 0 saturated carbocycles. The van der Waals surface area contributed by atoms with Crippen LogP contribution in [0.5, 0.6) is 5.75 Å². The third kappa shape index (κ3) is 3.81. The molecule has 5 nitrogen and oxygen atoms in total. The van der Waals surface area contributed by atoms with Gasteiger partial charge in [-0.05, 0) is 18.2 Å². The highest BCUT2D eigenvalue weighted by molar-refractivity contribution is 6.08. The van der Waals surface area contributed by atoms with Gasteiger partial charge in [0.2, 0.25) is 5.78 Å². The van der Waals surface area contributed by atoms with Crippen molar-refractivity contribution in [1.29, 1.82) is 0 Å². The Kier molecular flexibility index (Phi) is 4.91. The molecule has 0 aliphatic heterocycles. The number of ketones is 1. The van der Waals surface area contributed by atoms with Crippen LogP contribution in [0.4, 0.5) is 0 Å². The zero-order chi connectivity index (χ0) is 16.8. The maximum Gasteiger partial charge on any atom is 0.309 e. The zero-order valence-electron chi connectivity index (χ0n) is 13.0. The lowest BCUT2D eigenvalue weighted by molar-refractivity contribution is -0.143. The summed E-state index contributed by atoms with van der Waals surface area (Å²) in [5, 5.41) is 0.825. The molecular formula is C19H17NO4. The van der Waals surface area contributed by atoms with Crippen LogP contribution in [-0.2, 0) is 9.53 Å². The Bertz CT molecular complexity index is 839. The lowest BCUT2D eigenvalue weighted by Crippen LogP contribution is -2.16. The van der Waals surface area contributed by atoms with Gasteiger partial charge < -0.3 is 14.5 Å². The molecule has 24 heavy (non-hydrogen) atoms. The van der Waals surface area contributed by atoms with E-state index in [0.717, 1.165) is 10.9 Å². The number of Topliss-reactive ketones (excluding diaryl/α,β-unsaturated/α-hetero) is 1. The molecule has 1 N–H and O–H groups in total. The highest BCUT2D eigenvalue weighted by Gasteiger charge is 2.14. The molecule has 0 aliphatic rings. The molecular weight excluding hydrogens is 306 g/mol. The van der Waals surface area contributed by atoms with E-state index in [1.807, 2.05) is 54.6 Å². The molecule has 0 radical (unpaired) electrons. The molecule has 0 fully saturated rings. The molecule has 122 valence electrons. The van der Waals surface area contributed by atoms with Crippen LogP contribution in [0.1, 0.15) is 16.8 Å². The summed E-state index contributed by atoms with van der Waals surface area (Å²) in [6.45, 7) is -0.0594. The van der Waals surface area contributed by atoms with Crippen molar-refractivity contribution in [2.45, 2.75) is 6.42 Å². The smallest absolute Gasteiger partial charge is 0.309 e. The van der Waals surface area contributed by atoms with Crippen LogP contribution < -0.4 is 4.74 Å². The van der Waals surface area contributed by atoms with E-state index in [0.29, 0.717) is 11.3 Å². The van der Waals surface area contributed by atoms with Crippen molar-refractivity contribution < 1.29 is 19.1 Å². The minimum Gasteiger partial charge on any atom is -0.493 e. The Labute approximate surface area is 139 Å². The monoisotopic (exact) mass is 323 g/mol. The van der Waals surface area contributed by atoms with Crippen molar-refractivity contribution in [2.24, 2.45) is 0 Å². The number of aromatic amines is 1. The summed E-state index contributed by atoms with van der Waals surface area (Å²) >= 11 is 0. The van der Waals surface area contributed by atoms with E-state index in [1.54, 1.807) is 6.20 Å². The Morgan fingerprint density at radius 3 is 2.54 bits per heavy atom. The second kappa shape index (κ2) is 7.46. The van der Waals surface area contributed by atoms with E-state index < -0.39 is 5.97 Å². The third-order valence-corrected chi connectivity index (χ3v) is 3.57. The summed E-state index contributed by atoms with van der Waals surface area (Å²) in [6, 6.07) is 16.7. The van der Waals surface area contributed by atoms with Crippen molar-refractivity contribution in [1.82, 2.24) is 4.98 Å². The van der Waals surface area contributed by atoms with Crippen LogP contribution in [0.25, 0.3) is 10.9 Å². The number of para-hydroxylation sites is 2. The van der Waals surface area contributed by atoms with Crippen molar-refractivity contribution >= 4 is 22.7 Å². The first-order valence-electron chi connectivity index (χ1n) is 7.67. The van der Waals surface area contributed by atoms with E-state index in [1.165, 1.54) is 0 Å². The summed E-state index contributed by atoms with van der Waals surface area (Å²) in [5.41, 5.74) is 1.40. The minimum atomic E-state index is -0.459. The standard InChI is InChI=1S/C19H17NO4/c21-18(16-12-20-17-9-5-4-8-15(16)17)13-24-19(22)10-11-23-14-6-2-1-3-7-14/h1-9,12,20H,10-11,13H2. The number of carbonyl (C=O) groups excluding carboxylic acids is 2. The van der Waals surface area contributed by atoms with Gasteiger partial charge in [0.1, 0.15) is 5.75 Å². The fourth-order valence-corrected chi connectivity index (χ4v) is 2.37. The second-order valence-electron chi connectivity index (χ2n) is 5.24. The zero-order valence-corrected chi connectivity index (χ0v) is 13.0. The van der Waals surface area contributed by atoms with Gasteiger partial charge >= 0.3 is 5.97 Å². The Hall–Kier alpha value is -3.08. The quantitative estimate of drug-likeness (QED) is 0.535. The third-order valence-electron chi connectivity index (χ3n) is 3.57. The number of aromatic nitrogens is 1. The Balaban J connectivity index is 1.46. The van der Waals surface area contributed by atoms with Gasteiger partial charge in [0, 0.05) is 22.7 Å². The molecule has 1 heterocycles. The van der Waals surface area contributed by atoms with E-state index in [2.05, 4.69) is 4.98 Å². The van der Waals surface area contributed by atoms with Crippen LogP contribution >= 0.6 is 0 Å². The van der Waals surface area contributed by atoms with E-state index in [-0.39, 0.29) is 25.4 Å². The number of hydrogen-bond donors (Lipinski definition) is 1. The molecule has 2 aromatic carbocycles. The van der Waals surface area contributed by atoms with Crippen LogP contribution in [0.3, 0.4) is 0 Å². The number of carbonyl (C=O) groups is 2. The van der Waals surface area contributed by atoms with E-state index >= 15 is 0 Å². The van der Waals surface area contributed by atoms with Gasteiger partial charge in [-0.3, -0.25) is 9.59 Å². The minimum absolute atomic E-state index is 0.0933. The molecule has 0 saturated heterocycles. The first-order chi connectivity index (χ1) is 11.7. The number of ether oxygens (including phenoxy) is 2. The molecule has 0 bridgehead atoms. The maximum absolute atomic E-state index is 12.2. The molecule has 5 heteroatoms. The van der Waals surface area contributed by atoms with Crippen molar-refractivity contribution in [2.75, 3.05) is 13.2 Å². The Morgan fingerprint density at radius 1 is 0.958 bits per heavy atom. The normalized spacial score (nSPS) is 10.5. The van der Waals surface area contributed by atoms with Crippen LogP contribution in [0.15, 0.2) is 60.8 Å². The predicted molar refractivity (Wildman–Crippen MR) is 90.1 cm³/mol. The highest BCUT2D eigenvalue weighted by Crippen LogP contribution is 2.18. The summed E-state index contributed by atoms with van der Waals surface area (Å²) in [6.07, 6.45) is 1.73. The van der Waals surface area contributed by atoms with Gasteiger partial charge in [-0.15, -0.1) is 0 Å². The SMILES string of the molecule is O=C(CCOc1ccccc1)OCC(=O)c1c[nH]c2ccccc12. The van der Waals surface area contributed by atoms with Gasteiger partial charge in [0.05, 0.1) is 13.0 Å². The summed E-state index contributed by atoms with van der Waals surface area (Å²) in [4.78, 5) is 26.9. The lowest BCUT2D eigenvalue weighted by Gasteiger charge is -2.06. The van der Waals surface area contributed by atoms with Crippen LogP contribution in [-0.4, -0.2) is 30.0 Å². The predicted octanol–water partition coefficient (Wildman–Crippen LogP) is 3.36. The number of benzene rings is 2. The number of rotatable bonds is 7. The first kappa shape index (κ1) is 15.8. The summed E-state index contributed by atoms with van der Waals surface area (Å²) < 4.78 is 10.5. The average molecular weight is 323 g/mol. The van der Waals surface area contributed by atoms with Gasteiger partial charge in [-0.2, -0.15) is 0 Å². The number of H-pyrrole nitrogens is 1. The lowest BCUT2D eigenvalue weighted by atomic mass is 10.1. The maximum atomic E-state index is 12.2. The van der Waals surface area contributed by atoms with E-state index in [4.69, 9.17) is 9.47 Å². The molecule has 0 spiro atoms. The van der Waals surface area contributed by atoms with Gasteiger partial charge in [-0.1, -0.05) is 36.4 Å². The molecule has 1 aromatic heterocycles. The second-order valence-corrected chi connectivity index (χ2v) is 5.24. The van der Waals surface area contributed by atoms with E-state index in [9.17, 15) is 9.59 Å².